The third kappa shape index (κ3) is 3.13. The predicted octanol–water partition coefficient (Wildman–Crippen LogP) is 3.70. The summed E-state index contributed by atoms with van der Waals surface area (Å²) in [7, 11) is 0. The first-order chi connectivity index (χ1) is 8.02. The molecule has 0 aliphatic carbocycles. The van der Waals surface area contributed by atoms with Crippen LogP contribution in [0.15, 0.2) is 10.7 Å². The minimum Gasteiger partial charge on any atom is -0.462 e. The molecule has 1 rings (SSSR count). The first kappa shape index (κ1) is 14.3. The van der Waals surface area contributed by atoms with Crippen LogP contribution in [0.4, 0.5) is 8.78 Å². The van der Waals surface area contributed by atoms with Crippen LogP contribution < -0.4 is 0 Å². The molecule has 0 fully saturated rings. The Kier molecular flexibility index (Phi) is 5.27. The third-order valence-corrected chi connectivity index (χ3v) is 3.05. The summed E-state index contributed by atoms with van der Waals surface area (Å²) in [6.07, 6.45) is -1.62. The zero-order valence-corrected chi connectivity index (χ0v) is 11.2. The van der Waals surface area contributed by atoms with Crippen LogP contribution in [0.1, 0.15) is 35.0 Å². The fourth-order valence-electron chi connectivity index (χ4n) is 1.22. The Morgan fingerprint density at radius 1 is 1.65 bits per heavy atom. The van der Waals surface area contributed by atoms with Gasteiger partial charge in [-0.05, 0) is 22.9 Å². The Bertz CT molecular complexity index is 429. The maximum Gasteiger partial charge on any atom is 0.339 e. The molecule has 1 aromatic heterocycles. The lowest BCUT2D eigenvalue weighted by atomic mass is 10.1. The van der Waals surface area contributed by atoms with Crippen LogP contribution in [0.25, 0.3) is 0 Å². The van der Waals surface area contributed by atoms with E-state index in [1.54, 1.807) is 6.92 Å². The van der Waals surface area contributed by atoms with Crippen LogP contribution in [-0.4, -0.2) is 17.6 Å². The van der Waals surface area contributed by atoms with Crippen molar-refractivity contribution in [3.8, 4) is 0 Å². The minimum absolute atomic E-state index is 0.00662. The van der Waals surface area contributed by atoms with Crippen LogP contribution >= 0.6 is 27.5 Å². The third-order valence-electron chi connectivity index (χ3n) is 1.96. The fourth-order valence-corrected chi connectivity index (χ4v) is 2.11. The van der Waals surface area contributed by atoms with Gasteiger partial charge in [0, 0.05) is 17.6 Å². The number of hydrogen-bond acceptors (Lipinski definition) is 3. The summed E-state index contributed by atoms with van der Waals surface area (Å²) in [5.41, 5.74) is -0.143. The fraction of sp³-hybridized carbons (Fsp3) is 0.400. The molecule has 0 unspecified atom stereocenters. The Balaban J connectivity index is 3.32. The Hall–Kier alpha value is -0.750. The summed E-state index contributed by atoms with van der Waals surface area (Å²) in [5, 5.41) is 0. The van der Waals surface area contributed by atoms with Gasteiger partial charge in [-0.1, -0.05) is 0 Å². The van der Waals surface area contributed by atoms with Gasteiger partial charge in [0.05, 0.1) is 16.6 Å². The zero-order valence-electron chi connectivity index (χ0n) is 8.84. The molecule has 0 aliphatic rings. The summed E-state index contributed by atoms with van der Waals surface area (Å²) in [6.45, 7) is 1.78. The number of ether oxygens (including phenoxy) is 1. The molecular formula is C10H9BrClF2NO2. The Morgan fingerprint density at radius 2 is 2.29 bits per heavy atom. The molecule has 0 radical (unpaired) electrons. The van der Waals surface area contributed by atoms with Gasteiger partial charge < -0.3 is 4.74 Å². The van der Waals surface area contributed by atoms with Crippen molar-refractivity contribution in [3.05, 3.63) is 27.5 Å². The number of halogens is 4. The average Bonchev–Trinajstić information content (AvgIpc) is 2.27. The van der Waals surface area contributed by atoms with Crippen LogP contribution in [0.2, 0.25) is 0 Å². The van der Waals surface area contributed by atoms with Crippen molar-refractivity contribution >= 4 is 33.5 Å². The molecule has 7 heteroatoms. The zero-order chi connectivity index (χ0) is 13.0. The maximum atomic E-state index is 12.6. The quantitative estimate of drug-likeness (QED) is 0.625. The number of pyridine rings is 1. The van der Waals surface area contributed by atoms with Gasteiger partial charge in [-0.25, -0.2) is 13.6 Å². The van der Waals surface area contributed by atoms with Crippen LogP contribution in [-0.2, 0) is 10.6 Å². The molecular weight excluding hydrogens is 319 g/mol. The van der Waals surface area contributed by atoms with E-state index in [0.29, 0.717) is 5.56 Å². The van der Waals surface area contributed by atoms with Gasteiger partial charge in [0.1, 0.15) is 5.69 Å². The molecule has 94 valence electrons. The van der Waals surface area contributed by atoms with Crippen molar-refractivity contribution in [2.45, 2.75) is 19.2 Å². The average molecular weight is 329 g/mol. The highest BCUT2D eigenvalue weighted by Crippen LogP contribution is 2.31. The van der Waals surface area contributed by atoms with Crippen molar-refractivity contribution in [2.75, 3.05) is 6.61 Å². The second-order valence-corrected chi connectivity index (χ2v) is 4.07. The number of aromatic nitrogens is 1. The van der Waals surface area contributed by atoms with Gasteiger partial charge in [0.2, 0.25) is 0 Å². The number of hydrogen-bond donors (Lipinski definition) is 0. The van der Waals surface area contributed by atoms with Gasteiger partial charge in [-0.3, -0.25) is 4.98 Å². The number of nitrogens with zero attached hydrogens (tertiary/aromatic N) is 1. The molecule has 1 aromatic rings. The van der Waals surface area contributed by atoms with Gasteiger partial charge >= 0.3 is 5.97 Å². The molecule has 0 N–H and O–H groups in total. The smallest absolute Gasteiger partial charge is 0.339 e. The van der Waals surface area contributed by atoms with E-state index in [0.717, 1.165) is 6.20 Å². The molecule has 0 atom stereocenters. The number of alkyl halides is 3. The highest BCUT2D eigenvalue weighted by molar-refractivity contribution is 9.10. The molecule has 1 heterocycles. The van der Waals surface area contributed by atoms with Gasteiger partial charge in [-0.15, -0.1) is 11.6 Å². The SMILES string of the molecule is CCOC(=O)c1c(CCl)cnc(C(F)F)c1Br. The molecule has 0 amide bonds. The van der Waals surface area contributed by atoms with E-state index in [-0.39, 0.29) is 22.5 Å². The lowest BCUT2D eigenvalue weighted by Gasteiger charge is -2.11. The highest BCUT2D eigenvalue weighted by Gasteiger charge is 2.23. The second-order valence-electron chi connectivity index (χ2n) is 3.01. The summed E-state index contributed by atoms with van der Waals surface area (Å²) in [6, 6.07) is 0. The predicted molar refractivity (Wildman–Crippen MR) is 62.4 cm³/mol. The van der Waals surface area contributed by atoms with Crippen molar-refractivity contribution in [1.82, 2.24) is 4.98 Å². The van der Waals surface area contributed by atoms with Gasteiger partial charge in [0.15, 0.2) is 0 Å². The molecule has 0 saturated carbocycles. The van der Waals surface area contributed by atoms with E-state index in [2.05, 4.69) is 20.9 Å². The van der Waals surface area contributed by atoms with Crippen LogP contribution in [0.3, 0.4) is 0 Å². The lowest BCUT2D eigenvalue weighted by molar-refractivity contribution is 0.0523. The summed E-state index contributed by atoms with van der Waals surface area (Å²) >= 11 is 8.57. The summed E-state index contributed by atoms with van der Waals surface area (Å²) in [4.78, 5) is 15.2. The van der Waals surface area contributed by atoms with Gasteiger partial charge in [0.25, 0.3) is 6.43 Å². The molecule has 0 saturated heterocycles. The van der Waals surface area contributed by atoms with E-state index in [1.807, 2.05) is 0 Å². The van der Waals surface area contributed by atoms with E-state index >= 15 is 0 Å². The van der Waals surface area contributed by atoms with Crippen molar-refractivity contribution < 1.29 is 18.3 Å². The normalized spacial score (nSPS) is 10.7. The largest absolute Gasteiger partial charge is 0.462 e. The molecule has 17 heavy (non-hydrogen) atoms. The van der Waals surface area contributed by atoms with Crippen molar-refractivity contribution in [1.29, 1.82) is 0 Å². The molecule has 0 bridgehead atoms. The minimum atomic E-state index is -2.78. The van der Waals surface area contributed by atoms with E-state index in [9.17, 15) is 13.6 Å². The van der Waals surface area contributed by atoms with Crippen LogP contribution in [0, 0.1) is 0 Å². The Morgan fingerprint density at radius 3 is 2.76 bits per heavy atom. The second kappa shape index (κ2) is 6.26. The highest BCUT2D eigenvalue weighted by atomic mass is 79.9. The van der Waals surface area contributed by atoms with E-state index < -0.39 is 18.1 Å². The summed E-state index contributed by atoms with van der Waals surface area (Å²) in [5.74, 6) is -0.706. The number of carbonyl (C=O) groups is 1. The number of esters is 1. The standard InChI is InChI=1S/C10H9BrClF2NO2/c1-2-17-10(16)6-5(3-12)4-15-8(7(6)11)9(13)14/h4,9H,2-3H2,1H3. The first-order valence-corrected chi connectivity index (χ1v) is 6.04. The van der Waals surface area contributed by atoms with E-state index in [4.69, 9.17) is 16.3 Å². The maximum absolute atomic E-state index is 12.6. The van der Waals surface area contributed by atoms with Crippen molar-refractivity contribution in [3.63, 3.8) is 0 Å². The first-order valence-electron chi connectivity index (χ1n) is 4.71. The number of rotatable bonds is 4. The molecule has 0 aliphatic heterocycles. The summed E-state index contributed by atoms with van der Waals surface area (Å²) < 4.78 is 30.0. The lowest BCUT2D eigenvalue weighted by Crippen LogP contribution is -2.11. The molecule has 0 spiro atoms. The Labute approximate surface area is 110 Å². The monoisotopic (exact) mass is 327 g/mol. The molecule has 0 aromatic carbocycles. The van der Waals surface area contributed by atoms with Gasteiger partial charge in [-0.2, -0.15) is 0 Å². The topological polar surface area (TPSA) is 39.2 Å². The van der Waals surface area contributed by atoms with Crippen molar-refractivity contribution in [2.24, 2.45) is 0 Å². The molecule has 3 nitrogen and oxygen atoms in total. The van der Waals surface area contributed by atoms with Crippen LogP contribution in [0.5, 0.6) is 0 Å². The van der Waals surface area contributed by atoms with E-state index in [1.165, 1.54) is 0 Å². The number of carbonyl (C=O) groups excluding carboxylic acids is 1.